The third-order valence-electron chi connectivity index (χ3n) is 5.19. The third kappa shape index (κ3) is 3.89. The van der Waals surface area contributed by atoms with Gasteiger partial charge in [0.1, 0.15) is 0 Å². The summed E-state index contributed by atoms with van der Waals surface area (Å²) < 4.78 is 0. The Morgan fingerprint density at radius 3 is 2.67 bits per heavy atom. The maximum absolute atomic E-state index is 12.6. The molecule has 0 radical (unpaired) electrons. The molecule has 0 spiro atoms. The number of fused-ring (bicyclic) bond motifs is 2. The molecule has 1 fully saturated rings. The second-order valence-corrected chi connectivity index (χ2v) is 7.22. The van der Waals surface area contributed by atoms with Gasteiger partial charge in [0.25, 0.3) is 0 Å². The van der Waals surface area contributed by atoms with Gasteiger partial charge < -0.3 is 20.9 Å². The van der Waals surface area contributed by atoms with Crippen LogP contribution in [0.15, 0.2) is 42.5 Å². The molecular formula is C21H24N4O2. The minimum absolute atomic E-state index is 0.0402. The zero-order chi connectivity index (χ0) is 18.8. The van der Waals surface area contributed by atoms with E-state index in [-0.39, 0.29) is 18.0 Å². The number of urea groups is 1. The van der Waals surface area contributed by atoms with Gasteiger partial charge in [0.2, 0.25) is 5.91 Å². The van der Waals surface area contributed by atoms with Crippen LogP contribution in [0.3, 0.4) is 0 Å². The molecule has 2 heterocycles. The number of hydrogen-bond acceptors (Lipinski definition) is 3. The number of amides is 3. The second kappa shape index (κ2) is 7.31. The molecule has 27 heavy (non-hydrogen) atoms. The van der Waals surface area contributed by atoms with E-state index in [1.807, 2.05) is 18.2 Å². The van der Waals surface area contributed by atoms with Crippen molar-refractivity contribution in [1.82, 2.24) is 10.2 Å². The Morgan fingerprint density at radius 1 is 1.07 bits per heavy atom. The van der Waals surface area contributed by atoms with Crippen LogP contribution in [0.5, 0.6) is 0 Å². The molecule has 2 aliphatic heterocycles. The first kappa shape index (κ1) is 17.4. The molecule has 140 valence electrons. The normalized spacial score (nSPS) is 18.0. The predicted octanol–water partition coefficient (Wildman–Crippen LogP) is 3.27. The summed E-state index contributed by atoms with van der Waals surface area (Å²) in [6, 6.07) is 14.3. The van der Waals surface area contributed by atoms with Gasteiger partial charge in [-0.3, -0.25) is 4.79 Å². The fourth-order valence-electron chi connectivity index (χ4n) is 3.82. The molecule has 4 rings (SSSR count). The monoisotopic (exact) mass is 364 g/mol. The van der Waals surface area contributed by atoms with Gasteiger partial charge in [0, 0.05) is 43.1 Å². The molecule has 0 aliphatic carbocycles. The number of anilines is 3. The lowest BCUT2D eigenvalue weighted by molar-refractivity contribution is -0.119. The lowest BCUT2D eigenvalue weighted by atomic mass is 10.0. The van der Waals surface area contributed by atoms with Gasteiger partial charge >= 0.3 is 6.03 Å². The average molecular weight is 364 g/mol. The first-order valence-electron chi connectivity index (χ1n) is 9.39. The first-order valence-corrected chi connectivity index (χ1v) is 9.39. The Kier molecular flexibility index (Phi) is 4.71. The van der Waals surface area contributed by atoms with Gasteiger partial charge in [-0.25, -0.2) is 4.79 Å². The summed E-state index contributed by atoms with van der Waals surface area (Å²) in [5.74, 6) is -0.0561. The second-order valence-electron chi connectivity index (χ2n) is 7.22. The van der Waals surface area contributed by atoms with Crippen molar-refractivity contribution in [3.8, 4) is 0 Å². The molecule has 3 N–H and O–H groups in total. The lowest BCUT2D eigenvalue weighted by Gasteiger charge is -2.18. The van der Waals surface area contributed by atoms with E-state index in [2.05, 4.69) is 40.2 Å². The number of nitrogens with zero attached hydrogens (tertiary/aromatic N) is 1. The highest BCUT2D eigenvalue weighted by molar-refractivity contribution is 5.90. The zero-order valence-electron chi connectivity index (χ0n) is 15.4. The average Bonchev–Trinajstić information content (AvgIpc) is 3.01. The Balaban J connectivity index is 1.45. The van der Waals surface area contributed by atoms with Crippen molar-refractivity contribution < 1.29 is 9.59 Å². The lowest BCUT2D eigenvalue weighted by Crippen LogP contribution is -2.38. The van der Waals surface area contributed by atoms with E-state index in [0.717, 1.165) is 36.3 Å². The minimum atomic E-state index is -0.128. The molecule has 0 saturated carbocycles. The Bertz CT molecular complexity index is 880. The molecule has 2 aliphatic rings. The number of carbonyl (C=O) groups excluding carboxylic acids is 2. The Hall–Kier alpha value is -3.02. The summed E-state index contributed by atoms with van der Waals surface area (Å²) in [6.45, 7) is 2.69. The number of rotatable bonds is 2. The molecule has 0 bridgehead atoms. The summed E-state index contributed by atoms with van der Waals surface area (Å²) in [7, 11) is 0. The summed E-state index contributed by atoms with van der Waals surface area (Å²) >= 11 is 0. The van der Waals surface area contributed by atoms with E-state index >= 15 is 0 Å². The van der Waals surface area contributed by atoms with Crippen LogP contribution in [0.1, 0.15) is 24.5 Å². The van der Waals surface area contributed by atoms with Crippen LogP contribution in [0, 0.1) is 0 Å². The van der Waals surface area contributed by atoms with Crippen molar-refractivity contribution in [2.75, 3.05) is 23.7 Å². The number of likely N-dealkylation sites (tertiary alicyclic amines) is 1. The van der Waals surface area contributed by atoms with E-state index < -0.39 is 0 Å². The topological polar surface area (TPSA) is 73.5 Å². The van der Waals surface area contributed by atoms with E-state index in [9.17, 15) is 9.59 Å². The molecule has 1 unspecified atom stereocenters. The summed E-state index contributed by atoms with van der Waals surface area (Å²) in [5, 5.41) is 9.37. The summed E-state index contributed by atoms with van der Waals surface area (Å²) in [6.07, 6.45) is 2.76. The standard InChI is InChI=1S/C21H24N4O2/c1-14(26)22-18-10-11-25(13-18)21(27)23-17-9-8-16-7-6-15-4-2-3-5-19(15)24-20(16)12-17/h2-5,8-9,12,18,24H,6-7,10-11,13H2,1H3,(H,22,26)(H,23,27). The van der Waals surface area contributed by atoms with Gasteiger partial charge in [0.05, 0.1) is 0 Å². The van der Waals surface area contributed by atoms with E-state index in [0.29, 0.717) is 13.1 Å². The van der Waals surface area contributed by atoms with E-state index in [1.165, 1.54) is 18.1 Å². The van der Waals surface area contributed by atoms with Crippen LogP contribution >= 0.6 is 0 Å². The molecule has 0 aromatic heterocycles. The first-order chi connectivity index (χ1) is 13.1. The van der Waals surface area contributed by atoms with Crippen molar-refractivity contribution in [3.63, 3.8) is 0 Å². The summed E-state index contributed by atoms with van der Waals surface area (Å²) in [5.41, 5.74) is 5.48. The molecule has 2 aromatic carbocycles. The van der Waals surface area contributed by atoms with Crippen molar-refractivity contribution in [3.05, 3.63) is 53.6 Å². The Morgan fingerprint density at radius 2 is 1.85 bits per heavy atom. The van der Waals surface area contributed by atoms with Gasteiger partial charge in [-0.1, -0.05) is 24.3 Å². The van der Waals surface area contributed by atoms with Crippen LogP contribution in [0.4, 0.5) is 21.9 Å². The van der Waals surface area contributed by atoms with Gasteiger partial charge in [-0.15, -0.1) is 0 Å². The highest BCUT2D eigenvalue weighted by atomic mass is 16.2. The highest BCUT2D eigenvalue weighted by Crippen LogP contribution is 2.31. The van der Waals surface area contributed by atoms with Gasteiger partial charge in [-0.05, 0) is 48.6 Å². The number of benzene rings is 2. The van der Waals surface area contributed by atoms with Gasteiger partial charge in [-0.2, -0.15) is 0 Å². The number of para-hydroxylation sites is 1. The fraction of sp³-hybridized carbons (Fsp3) is 0.333. The maximum atomic E-state index is 12.6. The Labute approximate surface area is 158 Å². The van der Waals surface area contributed by atoms with Crippen molar-refractivity contribution in [2.24, 2.45) is 0 Å². The predicted molar refractivity (Wildman–Crippen MR) is 106 cm³/mol. The number of nitrogens with one attached hydrogen (secondary N) is 3. The quantitative estimate of drug-likeness (QED) is 0.766. The van der Waals surface area contributed by atoms with Crippen LogP contribution in [0.2, 0.25) is 0 Å². The molecule has 3 amide bonds. The number of hydrogen-bond donors (Lipinski definition) is 3. The molecule has 6 nitrogen and oxygen atoms in total. The highest BCUT2D eigenvalue weighted by Gasteiger charge is 2.26. The maximum Gasteiger partial charge on any atom is 0.321 e. The van der Waals surface area contributed by atoms with Crippen LogP contribution in [0.25, 0.3) is 0 Å². The van der Waals surface area contributed by atoms with Gasteiger partial charge in [0.15, 0.2) is 0 Å². The van der Waals surface area contributed by atoms with E-state index in [4.69, 9.17) is 0 Å². The largest absolute Gasteiger partial charge is 0.355 e. The third-order valence-corrected chi connectivity index (χ3v) is 5.19. The summed E-state index contributed by atoms with van der Waals surface area (Å²) in [4.78, 5) is 25.5. The number of aryl methyl sites for hydroxylation is 2. The zero-order valence-corrected chi connectivity index (χ0v) is 15.4. The number of carbonyl (C=O) groups is 2. The van der Waals surface area contributed by atoms with Crippen LogP contribution in [-0.2, 0) is 17.6 Å². The van der Waals surface area contributed by atoms with Crippen LogP contribution in [-0.4, -0.2) is 36.0 Å². The molecule has 6 heteroatoms. The SMILES string of the molecule is CC(=O)NC1CCN(C(=O)Nc2ccc3c(c2)Nc2ccccc2CC3)C1. The minimum Gasteiger partial charge on any atom is -0.355 e. The van der Waals surface area contributed by atoms with Crippen molar-refractivity contribution in [1.29, 1.82) is 0 Å². The molecule has 1 atom stereocenters. The molecule has 1 saturated heterocycles. The molecule has 2 aromatic rings. The molecular weight excluding hydrogens is 340 g/mol. The smallest absolute Gasteiger partial charge is 0.321 e. The van der Waals surface area contributed by atoms with E-state index in [1.54, 1.807) is 4.90 Å². The fourth-order valence-corrected chi connectivity index (χ4v) is 3.82. The van der Waals surface area contributed by atoms with Crippen LogP contribution < -0.4 is 16.0 Å². The van der Waals surface area contributed by atoms with Crippen molar-refractivity contribution in [2.45, 2.75) is 32.2 Å². The van der Waals surface area contributed by atoms with Crippen molar-refractivity contribution >= 4 is 29.0 Å².